The second kappa shape index (κ2) is 3.19. The Balaban J connectivity index is 2.52. The van der Waals surface area contributed by atoms with Crippen LogP contribution >= 0.6 is 0 Å². The van der Waals surface area contributed by atoms with E-state index in [1.807, 2.05) is 0 Å². The molecule has 0 bridgehead atoms. The molecule has 0 spiro atoms. The summed E-state index contributed by atoms with van der Waals surface area (Å²) in [6, 6.07) is -0.896. The quantitative estimate of drug-likeness (QED) is 0.510. The Labute approximate surface area is 65.0 Å². The molecular formula is C7H13NO3. The number of rotatable bonds is 2. The molecule has 11 heavy (non-hydrogen) atoms. The Bertz CT molecular complexity index is 160. The van der Waals surface area contributed by atoms with Crippen LogP contribution in [-0.4, -0.2) is 28.3 Å². The van der Waals surface area contributed by atoms with Crippen molar-refractivity contribution >= 4 is 5.97 Å². The standard InChI is InChI=1S/C7H13NO3/c8-6(7(10)11)4-2-1-3-5(4)9/h4-6,9H,1-3,8H2,(H,10,11). The lowest BCUT2D eigenvalue weighted by Crippen LogP contribution is -2.41. The van der Waals surface area contributed by atoms with Crippen LogP contribution in [0.2, 0.25) is 0 Å². The molecule has 1 aliphatic carbocycles. The summed E-state index contributed by atoms with van der Waals surface area (Å²) in [6.07, 6.45) is 1.79. The molecule has 4 nitrogen and oxygen atoms in total. The van der Waals surface area contributed by atoms with Crippen molar-refractivity contribution in [3.63, 3.8) is 0 Å². The van der Waals surface area contributed by atoms with E-state index in [4.69, 9.17) is 10.8 Å². The number of nitrogens with two attached hydrogens (primary N) is 1. The molecule has 1 fully saturated rings. The predicted octanol–water partition coefficient (Wildman–Crippen LogP) is -0.441. The summed E-state index contributed by atoms with van der Waals surface area (Å²) in [4.78, 5) is 10.4. The average molecular weight is 159 g/mol. The van der Waals surface area contributed by atoms with E-state index in [-0.39, 0.29) is 5.92 Å². The molecule has 0 aromatic rings. The van der Waals surface area contributed by atoms with Gasteiger partial charge in [-0.3, -0.25) is 4.79 Å². The van der Waals surface area contributed by atoms with Crippen molar-refractivity contribution in [2.75, 3.05) is 0 Å². The minimum Gasteiger partial charge on any atom is -0.480 e. The maximum absolute atomic E-state index is 10.4. The van der Waals surface area contributed by atoms with Gasteiger partial charge in [0.2, 0.25) is 0 Å². The van der Waals surface area contributed by atoms with Crippen molar-refractivity contribution in [3.05, 3.63) is 0 Å². The zero-order chi connectivity index (χ0) is 8.43. The van der Waals surface area contributed by atoms with Crippen LogP contribution in [0.3, 0.4) is 0 Å². The molecule has 0 radical (unpaired) electrons. The lowest BCUT2D eigenvalue weighted by Gasteiger charge is -2.17. The smallest absolute Gasteiger partial charge is 0.320 e. The molecule has 3 unspecified atom stereocenters. The van der Waals surface area contributed by atoms with E-state index in [1.165, 1.54) is 0 Å². The maximum atomic E-state index is 10.4. The third-order valence-electron chi connectivity index (χ3n) is 2.28. The van der Waals surface area contributed by atoms with Crippen molar-refractivity contribution in [1.82, 2.24) is 0 Å². The van der Waals surface area contributed by atoms with E-state index < -0.39 is 18.1 Å². The summed E-state index contributed by atoms with van der Waals surface area (Å²) >= 11 is 0. The van der Waals surface area contributed by atoms with Crippen molar-refractivity contribution < 1.29 is 15.0 Å². The highest BCUT2D eigenvalue weighted by Gasteiger charge is 2.33. The summed E-state index contributed by atoms with van der Waals surface area (Å²) in [5, 5.41) is 17.8. The highest BCUT2D eigenvalue weighted by molar-refractivity contribution is 5.73. The minimum absolute atomic E-state index is 0.243. The molecule has 4 heteroatoms. The molecule has 1 rings (SSSR count). The van der Waals surface area contributed by atoms with Gasteiger partial charge in [0.05, 0.1) is 6.10 Å². The van der Waals surface area contributed by atoms with Gasteiger partial charge in [0, 0.05) is 5.92 Å². The first kappa shape index (κ1) is 8.49. The third-order valence-corrected chi connectivity index (χ3v) is 2.28. The fourth-order valence-corrected chi connectivity index (χ4v) is 1.57. The lowest BCUT2D eigenvalue weighted by atomic mass is 9.97. The van der Waals surface area contributed by atoms with E-state index in [1.54, 1.807) is 0 Å². The van der Waals surface area contributed by atoms with Crippen LogP contribution in [0.25, 0.3) is 0 Å². The zero-order valence-corrected chi connectivity index (χ0v) is 6.23. The average Bonchev–Trinajstić information content (AvgIpc) is 2.33. The molecule has 0 amide bonds. The molecule has 0 aromatic carbocycles. The first-order valence-corrected chi connectivity index (χ1v) is 3.79. The number of carbonyl (C=O) groups is 1. The molecule has 4 N–H and O–H groups in total. The Morgan fingerprint density at radius 3 is 2.55 bits per heavy atom. The maximum Gasteiger partial charge on any atom is 0.320 e. The summed E-state index contributed by atoms with van der Waals surface area (Å²) in [7, 11) is 0. The van der Waals surface area contributed by atoms with Gasteiger partial charge in [0.15, 0.2) is 0 Å². The summed E-state index contributed by atoms with van der Waals surface area (Å²) in [5.74, 6) is -1.26. The van der Waals surface area contributed by atoms with E-state index in [9.17, 15) is 9.90 Å². The van der Waals surface area contributed by atoms with Gasteiger partial charge in [0.25, 0.3) is 0 Å². The summed E-state index contributed by atoms with van der Waals surface area (Å²) in [5.41, 5.74) is 5.35. The normalized spacial score (nSPS) is 33.6. The van der Waals surface area contributed by atoms with Crippen molar-refractivity contribution in [2.45, 2.75) is 31.4 Å². The Morgan fingerprint density at radius 2 is 2.18 bits per heavy atom. The molecule has 0 aliphatic heterocycles. The van der Waals surface area contributed by atoms with E-state index in [0.717, 1.165) is 12.8 Å². The van der Waals surface area contributed by atoms with Gasteiger partial charge in [-0.2, -0.15) is 0 Å². The summed E-state index contributed by atoms with van der Waals surface area (Å²) < 4.78 is 0. The number of aliphatic carboxylic acids is 1. The molecule has 1 saturated carbocycles. The van der Waals surface area contributed by atoms with Crippen molar-refractivity contribution in [2.24, 2.45) is 11.7 Å². The van der Waals surface area contributed by atoms with Crippen LogP contribution in [0.4, 0.5) is 0 Å². The number of hydrogen-bond donors (Lipinski definition) is 3. The second-order valence-corrected chi connectivity index (χ2v) is 3.03. The van der Waals surface area contributed by atoms with Gasteiger partial charge >= 0.3 is 5.97 Å². The number of aliphatic hydroxyl groups is 1. The predicted molar refractivity (Wildman–Crippen MR) is 39.0 cm³/mol. The lowest BCUT2D eigenvalue weighted by molar-refractivity contribution is -0.140. The van der Waals surface area contributed by atoms with Gasteiger partial charge < -0.3 is 15.9 Å². The molecule has 1 aliphatic rings. The zero-order valence-electron chi connectivity index (χ0n) is 6.23. The van der Waals surface area contributed by atoms with Gasteiger partial charge in [-0.15, -0.1) is 0 Å². The van der Waals surface area contributed by atoms with Gasteiger partial charge in [-0.05, 0) is 12.8 Å². The monoisotopic (exact) mass is 159 g/mol. The van der Waals surface area contributed by atoms with Gasteiger partial charge in [-0.25, -0.2) is 0 Å². The molecule has 0 aromatic heterocycles. The SMILES string of the molecule is NC(C(=O)O)C1CCCC1O. The molecule has 64 valence electrons. The number of aliphatic hydroxyl groups excluding tert-OH is 1. The van der Waals surface area contributed by atoms with Gasteiger partial charge in [-0.1, -0.05) is 6.42 Å². The van der Waals surface area contributed by atoms with Crippen LogP contribution in [0.5, 0.6) is 0 Å². The van der Waals surface area contributed by atoms with Crippen molar-refractivity contribution in [1.29, 1.82) is 0 Å². The van der Waals surface area contributed by atoms with Crippen LogP contribution < -0.4 is 5.73 Å². The fraction of sp³-hybridized carbons (Fsp3) is 0.857. The van der Waals surface area contributed by atoms with E-state index in [2.05, 4.69) is 0 Å². The number of carboxylic acid groups (broad SMARTS) is 1. The Kier molecular flexibility index (Phi) is 2.46. The van der Waals surface area contributed by atoms with Crippen LogP contribution in [-0.2, 0) is 4.79 Å². The third kappa shape index (κ3) is 1.70. The molecule has 3 atom stereocenters. The minimum atomic E-state index is -1.02. The van der Waals surface area contributed by atoms with Crippen LogP contribution in [0.1, 0.15) is 19.3 Å². The topological polar surface area (TPSA) is 83.6 Å². The highest BCUT2D eigenvalue weighted by atomic mass is 16.4. The highest BCUT2D eigenvalue weighted by Crippen LogP contribution is 2.27. The molecular weight excluding hydrogens is 146 g/mol. The number of hydrogen-bond acceptors (Lipinski definition) is 3. The molecule has 0 saturated heterocycles. The first-order valence-electron chi connectivity index (χ1n) is 3.79. The fourth-order valence-electron chi connectivity index (χ4n) is 1.57. The first-order chi connectivity index (χ1) is 5.13. The number of carboxylic acids is 1. The Morgan fingerprint density at radius 1 is 1.55 bits per heavy atom. The van der Waals surface area contributed by atoms with Crippen LogP contribution in [0, 0.1) is 5.92 Å². The second-order valence-electron chi connectivity index (χ2n) is 3.03. The largest absolute Gasteiger partial charge is 0.480 e. The van der Waals surface area contributed by atoms with Crippen LogP contribution in [0.15, 0.2) is 0 Å². The molecule has 0 heterocycles. The summed E-state index contributed by atoms with van der Waals surface area (Å²) in [6.45, 7) is 0. The van der Waals surface area contributed by atoms with E-state index in [0.29, 0.717) is 6.42 Å². The van der Waals surface area contributed by atoms with E-state index >= 15 is 0 Å². The van der Waals surface area contributed by atoms with Gasteiger partial charge in [0.1, 0.15) is 6.04 Å². The van der Waals surface area contributed by atoms with Crippen molar-refractivity contribution in [3.8, 4) is 0 Å². The Hall–Kier alpha value is -0.610.